The molecule has 5 aromatic rings. The lowest BCUT2D eigenvalue weighted by atomic mass is 9.93. The van der Waals surface area contributed by atoms with Gasteiger partial charge in [-0.3, -0.25) is 4.68 Å². The Morgan fingerprint density at radius 1 is 1.03 bits per heavy atom. The lowest BCUT2D eigenvalue weighted by molar-refractivity contribution is 0.291. The number of hydrogen-bond donors (Lipinski definition) is 0. The molecule has 0 aliphatic heterocycles. The van der Waals surface area contributed by atoms with Crippen LogP contribution in [0, 0.1) is 6.92 Å². The van der Waals surface area contributed by atoms with Crippen LogP contribution < -0.4 is 4.74 Å². The Balaban J connectivity index is 1.32. The molecule has 6 rings (SSSR count). The van der Waals surface area contributed by atoms with Crippen molar-refractivity contribution >= 4 is 11.0 Å². The standard InChI is InChI=1S/C26H28N8O/c1-4-32-15-17(2)30-25(32)19-10-8-18(9-11-19)16-33-26-20(13-28-33)12-27-24(31-26)23-22(35-3)14-29-34(23)21-6-5-7-21/h8-15,21H,4-7,16H2,1-3H3. The fourth-order valence-electron chi connectivity index (χ4n) is 4.66. The summed E-state index contributed by atoms with van der Waals surface area (Å²) in [6.45, 7) is 5.66. The van der Waals surface area contributed by atoms with Gasteiger partial charge in [0.1, 0.15) is 11.5 Å². The van der Waals surface area contributed by atoms with Crippen LogP contribution in [0.15, 0.2) is 49.1 Å². The molecule has 1 aromatic carbocycles. The molecule has 178 valence electrons. The fraction of sp³-hybridized carbons (Fsp3) is 0.346. The number of benzene rings is 1. The molecule has 1 aliphatic carbocycles. The summed E-state index contributed by atoms with van der Waals surface area (Å²) in [5.41, 5.74) is 4.90. The molecule has 0 amide bonds. The number of nitrogens with zero attached hydrogens (tertiary/aromatic N) is 8. The minimum atomic E-state index is 0.378. The molecule has 0 spiro atoms. The number of aryl methyl sites for hydroxylation is 2. The Morgan fingerprint density at radius 3 is 2.57 bits per heavy atom. The normalized spacial score (nSPS) is 13.9. The quantitative estimate of drug-likeness (QED) is 0.345. The van der Waals surface area contributed by atoms with Crippen LogP contribution in [0.4, 0.5) is 0 Å². The van der Waals surface area contributed by atoms with Crippen LogP contribution in [-0.2, 0) is 13.1 Å². The van der Waals surface area contributed by atoms with Crippen molar-refractivity contribution in [2.24, 2.45) is 0 Å². The monoisotopic (exact) mass is 468 g/mol. The topological polar surface area (TPSA) is 88.5 Å². The molecular formula is C26H28N8O. The number of imidazole rings is 1. The van der Waals surface area contributed by atoms with E-state index in [2.05, 4.69) is 62.1 Å². The van der Waals surface area contributed by atoms with Gasteiger partial charge in [0.25, 0.3) is 0 Å². The van der Waals surface area contributed by atoms with E-state index in [1.165, 1.54) is 6.42 Å². The minimum absolute atomic E-state index is 0.378. The molecule has 1 aliphatic rings. The van der Waals surface area contributed by atoms with Crippen molar-refractivity contribution in [1.82, 2.24) is 39.1 Å². The van der Waals surface area contributed by atoms with Gasteiger partial charge in [0.2, 0.25) is 0 Å². The van der Waals surface area contributed by atoms with Crippen LogP contribution >= 0.6 is 0 Å². The third-order valence-electron chi connectivity index (χ3n) is 6.77. The molecular weight excluding hydrogens is 440 g/mol. The molecule has 0 bridgehead atoms. The molecule has 0 unspecified atom stereocenters. The first-order valence-electron chi connectivity index (χ1n) is 12.1. The van der Waals surface area contributed by atoms with Gasteiger partial charge in [-0.2, -0.15) is 10.2 Å². The Bertz CT molecular complexity index is 1490. The predicted molar refractivity (Wildman–Crippen MR) is 133 cm³/mol. The SMILES string of the molecule is CCn1cc(C)nc1-c1ccc(Cn2ncc3cnc(-c4c(OC)cnn4C4CCC4)nc32)cc1. The second kappa shape index (κ2) is 8.65. The van der Waals surface area contributed by atoms with Gasteiger partial charge in [0, 0.05) is 24.5 Å². The van der Waals surface area contributed by atoms with E-state index in [1.54, 1.807) is 13.3 Å². The first-order chi connectivity index (χ1) is 17.1. The fourth-order valence-corrected chi connectivity index (χ4v) is 4.66. The summed E-state index contributed by atoms with van der Waals surface area (Å²) in [5, 5.41) is 10.1. The Kier molecular flexibility index (Phi) is 5.32. The number of rotatable bonds is 7. The zero-order valence-electron chi connectivity index (χ0n) is 20.2. The molecule has 0 saturated heterocycles. The van der Waals surface area contributed by atoms with Gasteiger partial charge in [0.05, 0.1) is 43.2 Å². The average molecular weight is 469 g/mol. The van der Waals surface area contributed by atoms with Crippen molar-refractivity contribution in [2.75, 3.05) is 7.11 Å². The van der Waals surface area contributed by atoms with Crippen LogP contribution in [0.3, 0.4) is 0 Å². The molecule has 1 saturated carbocycles. The summed E-state index contributed by atoms with van der Waals surface area (Å²) in [5.74, 6) is 2.30. The summed E-state index contributed by atoms with van der Waals surface area (Å²) in [4.78, 5) is 14.2. The first kappa shape index (κ1) is 21.5. The van der Waals surface area contributed by atoms with E-state index in [1.807, 2.05) is 28.7 Å². The highest BCUT2D eigenvalue weighted by atomic mass is 16.5. The molecule has 1 fully saturated rings. The predicted octanol–water partition coefficient (Wildman–Crippen LogP) is 4.66. The van der Waals surface area contributed by atoms with Crippen molar-refractivity contribution in [3.63, 3.8) is 0 Å². The van der Waals surface area contributed by atoms with E-state index < -0.39 is 0 Å². The zero-order valence-corrected chi connectivity index (χ0v) is 20.2. The van der Waals surface area contributed by atoms with Crippen LogP contribution in [0.1, 0.15) is 43.5 Å². The smallest absolute Gasteiger partial charge is 0.183 e. The van der Waals surface area contributed by atoms with Gasteiger partial charge in [-0.1, -0.05) is 24.3 Å². The van der Waals surface area contributed by atoms with Crippen molar-refractivity contribution < 1.29 is 4.74 Å². The molecule has 9 nitrogen and oxygen atoms in total. The lowest BCUT2D eigenvalue weighted by Crippen LogP contribution is -2.19. The van der Waals surface area contributed by atoms with E-state index >= 15 is 0 Å². The summed E-state index contributed by atoms with van der Waals surface area (Å²) < 4.78 is 11.7. The van der Waals surface area contributed by atoms with Crippen LogP contribution in [0.25, 0.3) is 33.9 Å². The second-order valence-corrected chi connectivity index (χ2v) is 9.05. The van der Waals surface area contributed by atoms with Crippen molar-refractivity contribution in [1.29, 1.82) is 0 Å². The number of aromatic nitrogens is 8. The van der Waals surface area contributed by atoms with Gasteiger partial charge < -0.3 is 9.30 Å². The van der Waals surface area contributed by atoms with Gasteiger partial charge in [-0.15, -0.1) is 0 Å². The van der Waals surface area contributed by atoms with E-state index in [0.29, 0.717) is 24.2 Å². The second-order valence-electron chi connectivity index (χ2n) is 9.05. The number of fused-ring (bicyclic) bond motifs is 1. The summed E-state index contributed by atoms with van der Waals surface area (Å²) >= 11 is 0. The number of methoxy groups -OCH3 is 1. The highest BCUT2D eigenvalue weighted by molar-refractivity contribution is 5.76. The Hall–Kier alpha value is -4.01. The highest BCUT2D eigenvalue weighted by Crippen LogP contribution is 2.38. The van der Waals surface area contributed by atoms with E-state index in [4.69, 9.17) is 9.72 Å². The number of ether oxygens (including phenoxy) is 1. The largest absolute Gasteiger partial charge is 0.493 e. The van der Waals surface area contributed by atoms with Crippen molar-refractivity contribution in [3.8, 4) is 28.7 Å². The summed E-state index contributed by atoms with van der Waals surface area (Å²) in [6.07, 6.45) is 10.9. The third-order valence-corrected chi connectivity index (χ3v) is 6.77. The Morgan fingerprint density at radius 2 is 1.86 bits per heavy atom. The van der Waals surface area contributed by atoms with E-state index in [9.17, 15) is 0 Å². The van der Waals surface area contributed by atoms with Gasteiger partial charge in [-0.05, 0) is 38.7 Å². The van der Waals surface area contributed by atoms with E-state index in [0.717, 1.165) is 58.8 Å². The molecule has 4 heterocycles. The lowest BCUT2D eigenvalue weighted by Gasteiger charge is -2.27. The third kappa shape index (κ3) is 3.77. The zero-order chi connectivity index (χ0) is 23.9. The summed E-state index contributed by atoms with van der Waals surface area (Å²) in [6, 6.07) is 8.88. The van der Waals surface area contributed by atoms with Gasteiger partial charge in [0.15, 0.2) is 17.2 Å². The Labute approximate surface area is 203 Å². The molecule has 9 heteroatoms. The molecule has 4 aromatic heterocycles. The van der Waals surface area contributed by atoms with Crippen molar-refractivity contribution in [2.45, 2.75) is 52.2 Å². The maximum atomic E-state index is 5.59. The minimum Gasteiger partial charge on any atom is -0.493 e. The molecule has 35 heavy (non-hydrogen) atoms. The van der Waals surface area contributed by atoms with Crippen LogP contribution in [0.5, 0.6) is 5.75 Å². The first-order valence-corrected chi connectivity index (χ1v) is 12.1. The van der Waals surface area contributed by atoms with E-state index in [-0.39, 0.29) is 0 Å². The maximum absolute atomic E-state index is 5.59. The van der Waals surface area contributed by atoms with Crippen LogP contribution in [-0.4, -0.2) is 46.2 Å². The summed E-state index contributed by atoms with van der Waals surface area (Å²) in [7, 11) is 1.66. The highest BCUT2D eigenvalue weighted by Gasteiger charge is 2.27. The number of hydrogen-bond acceptors (Lipinski definition) is 6. The van der Waals surface area contributed by atoms with Crippen molar-refractivity contribution in [3.05, 3.63) is 60.3 Å². The maximum Gasteiger partial charge on any atom is 0.183 e. The average Bonchev–Trinajstić information content (AvgIpc) is 3.55. The molecule has 0 N–H and O–H groups in total. The molecule has 0 radical (unpaired) electrons. The van der Waals surface area contributed by atoms with Gasteiger partial charge in [-0.25, -0.2) is 19.6 Å². The molecule has 0 atom stereocenters. The van der Waals surface area contributed by atoms with Gasteiger partial charge >= 0.3 is 0 Å². The van der Waals surface area contributed by atoms with Crippen LogP contribution in [0.2, 0.25) is 0 Å².